The normalized spacial score (nSPS) is 42.2. The summed E-state index contributed by atoms with van der Waals surface area (Å²) in [7, 11) is 0. The van der Waals surface area contributed by atoms with E-state index in [4.69, 9.17) is 4.74 Å². The molecule has 0 aromatic rings. The van der Waals surface area contributed by atoms with Gasteiger partial charge in [-0.2, -0.15) is 0 Å². The Bertz CT molecular complexity index is 331. The van der Waals surface area contributed by atoms with Gasteiger partial charge in [0.2, 0.25) is 0 Å². The summed E-state index contributed by atoms with van der Waals surface area (Å²) < 4.78 is 5.67. The van der Waals surface area contributed by atoms with Gasteiger partial charge in [0.25, 0.3) is 0 Å². The second-order valence-electron chi connectivity index (χ2n) is 7.03. The molecule has 3 aliphatic rings. The third-order valence-electron chi connectivity index (χ3n) is 4.72. The molecule has 1 unspecified atom stereocenters. The van der Waals surface area contributed by atoms with Crippen LogP contribution in [0.25, 0.3) is 0 Å². The summed E-state index contributed by atoms with van der Waals surface area (Å²) in [6.45, 7) is 6.91. The first-order valence-corrected chi connectivity index (χ1v) is 6.90. The Labute approximate surface area is 104 Å². The first-order chi connectivity index (χ1) is 7.90. The zero-order valence-electron chi connectivity index (χ0n) is 11.2. The summed E-state index contributed by atoms with van der Waals surface area (Å²) in [6, 6.07) is 1.25. The molecule has 0 aliphatic carbocycles. The van der Waals surface area contributed by atoms with Crippen LogP contribution in [0.2, 0.25) is 0 Å². The van der Waals surface area contributed by atoms with Gasteiger partial charge in [0.15, 0.2) is 0 Å². The quantitative estimate of drug-likeness (QED) is 0.606. The van der Waals surface area contributed by atoms with E-state index in [1.54, 1.807) is 0 Å². The van der Waals surface area contributed by atoms with Crippen molar-refractivity contribution < 1.29 is 9.53 Å². The Morgan fingerprint density at radius 2 is 1.82 bits per heavy atom. The molecule has 0 aromatic carbocycles. The summed E-state index contributed by atoms with van der Waals surface area (Å²) in [4.78, 5) is 14.1. The Kier molecular flexibility index (Phi) is 2.35. The van der Waals surface area contributed by atoms with Gasteiger partial charge in [-0.1, -0.05) is 0 Å². The monoisotopic (exact) mass is 237 g/mol. The highest BCUT2D eigenvalue weighted by atomic mass is 16.6. The minimum absolute atomic E-state index is 0.0219. The molecule has 0 N–H and O–H groups in total. The van der Waals surface area contributed by atoms with Crippen LogP contribution < -0.4 is 0 Å². The lowest BCUT2D eigenvalue weighted by Crippen LogP contribution is -2.57. The van der Waals surface area contributed by atoms with E-state index in [0.717, 1.165) is 19.3 Å². The number of fused-ring (bicyclic) bond motifs is 2. The van der Waals surface area contributed by atoms with Crippen LogP contribution in [-0.4, -0.2) is 34.1 Å². The number of ether oxygens (including phenoxy) is 1. The van der Waals surface area contributed by atoms with Crippen molar-refractivity contribution in [2.24, 2.45) is 0 Å². The van der Waals surface area contributed by atoms with Crippen molar-refractivity contribution in [3.8, 4) is 0 Å². The second-order valence-corrected chi connectivity index (χ2v) is 7.03. The zero-order valence-corrected chi connectivity index (χ0v) is 11.2. The van der Waals surface area contributed by atoms with E-state index in [0.29, 0.717) is 18.5 Å². The number of rotatable bonds is 0. The predicted octanol–water partition coefficient (Wildman–Crippen LogP) is 2.49. The molecule has 3 saturated heterocycles. The molecule has 96 valence electrons. The van der Waals surface area contributed by atoms with Gasteiger partial charge in [0.1, 0.15) is 5.60 Å². The number of hydrogen-bond acceptors (Lipinski definition) is 3. The van der Waals surface area contributed by atoms with Crippen LogP contribution >= 0.6 is 0 Å². The van der Waals surface area contributed by atoms with Gasteiger partial charge in [-0.25, -0.2) is 0 Å². The smallest absolute Gasteiger partial charge is 0.306 e. The molecule has 1 spiro atoms. The van der Waals surface area contributed by atoms with Crippen LogP contribution in [0.4, 0.5) is 0 Å². The molecule has 0 aromatic heterocycles. The number of esters is 1. The van der Waals surface area contributed by atoms with Gasteiger partial charge >= 0.3 is 5.97 Å². The average Bonchev–Trinajstić information content (AvgIpc) is 2.67. The lowest BCUT2D eigenvalue weighted by molar-refractivity contribution is -0.156. The van der Waals surface area contributed by atoms with Crippen LogP contribution in [0.15, 0.2) is 0 Å². The van der Waals surface area contributed by atoms with E-state index in [9.17, 15) is 4.79 Å². The fourth-order valence-electron chi connectivity index (χ4n) is 4.36. The maximum Gasteiger partial charge on any atom is 0.306 e. The van der Waals surface area contributed by atoms with Crippen LogP contribution in [0.1, 0.15) is 59.3 Å². The van der Waals surface area contributed by atoms with Gasteiger partial charge in [0, 0.05) is 36.9 Å². The fraction of sp³-hybridized carbons (Fsp3) is 0.929. The maximum absolute atomic E-state index is 11.4. The first kappa shape index (κ1) is 11.5. The van der Waals surface area contributed by atoms with Crippen molar-refractivity contribution in [1.82, 2.24) is 4.90 Å². The van der Waals surface area contributed by atoms with E-state index in [2.05, 4.69) is 25.7 Å². The van der Waals surface area contributed by atoms with Gasteiger partial charge in [-0.05, 0) is 40.0 Å². The highest BCUT2D eigenvalue weighted by Gasteiger charge is 2.54. The van der Waals surface area contributed by atoms with Crippen molar-refractivity contribution >= 4 is 5.97 Å². The lowest BCUT2D eigenvalue weighted by atomic mass is 9.82. The van der Waals surface area contributed by atoms with Crippen molar-refractivity contribution in [2.45, 2.75) is 82.5 Å². The summed E-state index contributed by atoms with van der Waals surface area (Å²) in [5.74, 6) is 0.0219. The molecule has 3 heteroatoms. The largest absolute Gasteiger partial charge is 0.459 e. The third kappa shape index (κ3) is 1.79. The van der Waals surface area contributed by atoms with E-state index in [1.165, 1.54) is 12.8 Å². The molecule has 3 rings (SSSR count). The molecule has 3 heterocycles. The molecule has 3 nitrogen and oxygen atoms in total. The maximum atomic E-state index is 11.4. The van der Waals surface area contributed by atoms with Crippen molar-refractivity contribution in [3.63, 3.8) is 0 Å². The summed E-state index contributed by atoms with van der Waals surface area (Å²) >= 11 is 0. The predicted molar refractivity (Wildman–Crippen MR) is 65.7 cm³/mol. The Morgan fingerprint density at radius 3 is 2.24 bits per heavy atom. The third-order valence-corrected chi connectivity index (χ3v) is 4.72. The Morgan fingerprint density at radius 1 is 1.24 bits per heavy atom. The minimum atomic E-state index is -0.0926. The summed E-state index contributed by atoms with van der Waals surface area (Å²) in [5.41, 5.74) is 0.153. The minimum Gasteiger partial charge on any atom is -0.459 e. The number of piperidine rings is 1. The lowest BCUT2D eigenvalue weighted by Gasteiger charge is -2.49. The van der Waals surface area contributed by atoms with Crippen molar-refractivity contribution in [3.05, 3.63) is 0 Å². The van der Waals surface area contributed by atoms with Crippen LogP contribution in [0.3, 0.4) is 0 Å². The van der Waals surface area contributed by atoms with Crippen LogP contribution in [0, 0.1) is 0 Å². The van der Waals surface area contributed by atoms with E-state index in [1.807, 2.05) is 0 Å². The standard InChI is InChI=1S/C14H23NO2/c1-13(2,3)15-10-4-5-11(15)9-14(8-10)7-6-12(16)17-14/h10-11H,4-9H2,1-3H3/t10-,11?,14-/m1/s1. The molecular weight excluding hydrogens is 214 g/mol. The summed E-state index contributed by atoms with van der Waals surface area (Å²) in [6.07, 6.45) is 6.27. The van der Waals surface area contributed by atoms with E-state index in [-0.39, 0.29) is 17.1 Å². The van der Waals surface area contributed by atoms with E-state index >= 15 is 0 Å². The average molecular weight is 237 g/mol. The molecule has 3 atom stereocenters. The van der Waals surface area contributed by atoms with Crippen molar-refractivity contribution in [2.75, 3.05) is 0 Å². The van der Waals surface area contributed by atoms with Gasteiger partial charge in [-0.15, -0.1) is 0 Å². The second kappa shape index (κ2) is 3.47. The molecule has 0 saturated carbocycles. The topological polar surface area (TPSA) is 29.5 Å². The molecule has 0 amide bonds. The number of carbonyl (C=O) groups is 1. The molecule has 3 fully saturated rings. The molecule has 3 aliphatic heterocycles. The van der Waals surface area contributed by atoms with Crippen molar-refractivity contribution in [1.29, 1.82) is 0 Å². The van der Waals surface area contributed by atoms with Gasteiger partial charge in [-0.3, -0.25) is 9.69 Å². The highest BCUT2D eigenvalue weighted by molar-refractivity contribution is 5.72. The Balaban J connectivity index is 1.82. The van der Waals surface area contributed by atoms with Gasteiger partial charge < -0.3 is 4.74 Å². The zero-order chi connectivity index (χ0) is 12.3. The number of hydrogen-bond donors (Lipinski definition) is 0. The van der Waals surface area contributed by atoms with Crippen LogP contribution in [-0.2, 0) is 9.53 Å². The Hall–Kier alpha value is -0.570. The molecular formula is C14H23NO2. The fourth-order valence-corrected chi connectivity index (χ4v) is 4.36. The molecule has 17 heavy (non-hydrogen) atoms. The van der Waals surface area contributed by atoms with Crippen LogP contribution in [0.5, 0.6) is 0 Å². The highest BCUT2D eigenvalue weighted by Crippen LogP contribution is 2.49. The molecule has 2 bridgehead atoms. The van der Waals surface area contributed by atoms with E-state index < -0.39 is 0 Å². The SMILES string of the molecule is CC(C)(C)N1C2CC[C@@H]1C[C@]1(CCC(=O)O1)C2. The molecule has 0 radical (unpaired) electrons. The number of carbonyl (C=O) groups excluding carboxylic acids is 1. The summed E-state index contributed by atoms with van der Waals surface area (Å²) in [5, 5.41) is 0. The van der Waals surface area contributed by atoms with Gasteiger partial charge in [0.05, 0.1) is 0 Å². The first-order valence-electron chi connectivity index (χ1n) is 6.90. The number of nitrogens with zero attached hydrogens (tertiary/aromatic N) is 1.